The van der Waals surface area contributed by atoms with Gasteiger partial charge in [-0.05, 0) is 24.8 Å². The summed E-state index contributed by atoms with van der Waals surface area (Å²) in [5.74, 6) is 0.386. The Labute approximate surface area is 122 Å². The first-order valence-electron chi connectivity index (χ1n) is 6.58. The maximum absolute atomic E-state index is 12.7. The van der Waals surface area contributed by atoms with Crippen LogP contribution in [0.4, 0.5) is 5.69 Å². The number of alkyl halides is 1. The molecule has 1 aliphatic rings. The molecule has 2 rings (SSSR count). The van der Waals surface area contributed by atoms with Crippen molar-refractivity contribution in [3.63, 3.8) is 0 Å². The van der Waals surface area contributed by atoms with Crippen LogP contribution >= 0.6 is 11.6 Å². The molecule has 2 atom stereocenters. The minimum Gasteiger partial charge on any atom is -0.334 e. The molecule has 0 aromatic heterocycles. The van der Waals surface area contributed by atoms with Crippen LogP contribution in [-0.4, -0.2) is 34.2 Å². The monoisotopic (exact) mass is 296 g/mol. The lowest BCUT2D eigenvalue weighted by Gasteiger charge is -2.25. The molecule has 6 heteroatoms. The number of carbonyl (C=O) groups excluding carboxylic acids is 1. The minimum atomic E-state index is -0.505. The molecule has 0 spiro atoms. The molecule has 1 saturated heterocycles. The summed E-state index contributed by atoms with van der Waals surface area (Å²) in [5.41, 5.74) is 0.668. The van der Waals surface area contributed by atoms with Gasteiger partial charge in [0.05, 0.1) is 4.92 Å². The van der Waals surface area contributed by atoms with Crippen molar-refractivity contribution in [2.75, 3.05) is 12.4 Å². The number of benzene rings is 1. The maximum atomic E-state index is 12.7. The summed E-state index contributed by atoms with van der Waals surface area (Å²) < 4.78 is 0. The highest BCUT2D eigenvalue weighted by Gasteiger charge is 2.37. The van der Waals surface area contributed by atoms with Crippen LogP contribution in [0.2, 0.25) is 0 Å². The second kappa shape index (κ2) is 5.79. The van der Waals surface area contributed by atoms with Crippen molar-refractivity contribution in [2.45, 2.75) is 26.3 Å². The van der Waals surface area contributed by atoms with Crippen LogP contribution in [0.3, 0.4) is 0 Å². The number of hydrogen-bond donors (Lipinski definition) is 0. The topological polar surface area (TPSA) is 63.5 Å². The third kappa shape index (κ3) is 2.50. The normalized spacial score (nSPS) is 22.1. The molecule has 108 valence electrons. The summed E-state index contributed by atoms with van der Waals surface area (Å²) in [6.45, 7) is 4.37. The highest BCUT2D eigenvalue weighted by molar-refractivity contribution is 6.18. The van der Waals surface area contributed by atoms with Crippen LogP contribution in [0.25, 0.3) is 0 Å². The van der Waals surface area contributed by atoms with E-state index in [1.165, 1.54) is 6.07 Å². The van der Waals surface area contributed by atoms with Crippen LogP contribution in [0.1, 0.15) is 29.3 Å². The van der Waals surface area contributed by atoms with Crippen molar-refractivity contribution in [3.05, 3.63) is 39.4 Å². The molecule has 1 aromatic carbocycles. The van der Waals surface area contributed by atoms with Gasteiger partial charge in [-0.25, -0.2) is 0 Å². The molecule has 1 aromatic rings. The van der Waals surface area contributed by atoms with Crippen molar-refractivity contribution in [1.82, 2.24) is 4.90 Å². The minimum absolute atomic E-state index is 0.0524. The lowest BCUT2D eigenvalue weighted by atomic mass is 10.0. The lowest BCUT2D eigenvalue weighted by Crippen LogP contribution is -2.39. The summed E-state index contributed by atoms with van der Waals surface area (Å²) in [4.78, 5) is 25.0. The van der Waals surface area contributed by atoms with Crippen LogP contribution in [0.15, 0.2) is 18.2 Å². The first-order valence-corrected chi connectivity index (χ1v) is 7.11. The summed E-state index contributed by atoms with van der Waals surface area (Å²) in [6.07, 6.45) is 0.878. The second-order valence-corrected chi connectivity index (χ2v) is 5.52. The Hall–Kier alpha value is -1.62. The van der Waals surface area contributed by atoms with Gasteiger partial charge in [0.2, 0.25) is 0 Å². The Morgan fingerprint density at radius 2 is 2.25 bits per heavy atom. The average Bonchev–Trinajstić information content (AvgIpc) is 2.78. The first-order chi connectivity index (χ1) is 9.47. The number of aryl methyl sites for hydroxylation is 1. The molecule has 0 N–H and O–H groups in total. The number of hydrogen-bond acceptors (Lipinski definition) is 3. The quantitative estimate of drug-likeness (QED) is 0.489. The molecule has 1 amide bonds. The number of nitro benzene ring substituents is 1. The zero-order chi connectivity index (χ0) is 14.9. The van der Waals surface area contributed by atoms with Gasteiger partial charge >= 0.3 is 0 Å². The Morgan fingerprint density at radius 1 is 1.55 bits per heavy atom. The third-order valence-corrected chi connectivity index (χ3v) is 4.28. The largest absolute Gasteiger partial charge is 0.334 e. The van der Waals surface area contributed by atoms with Gasteiger partial charge in [0.15, 0.2) is 0 Å². The highest BCUT2D eigenvalue weighted by Crippen LogP contribution is 2.30. The fourth-order valence-corrected chi connectivity index (χ4v) is 3.19. The van der Waals surface area contributed by atoms with E-state index >= 15 is 0 Å². The molecule has 0 radical (unpaired) electrons. The molecule has 20 heavy (non-hydrogen) atoms. The summed E-state index contributed by atoms with van der Waals surface area (Å²) in [6, 6.07) is 4.63. The van der Waals surface area contributed by atoms with Crippen molar-refractivity contribution in [1.29, 1.82) is 0 Å². The Morgan fingerprint density at radius 3 is 2.85 bits per heavy atom. The van der Waals surface area contributed by atoms with Crippen LogP contribution in [0.5, 0.6) is 0 Å². The van der Waals surface area contributed by atoms with Crippen LogP contribution in [-0.2, 0) is 0 Å². The van der Waals surface area contributed by atoms with Crippen LogP contribution < -0.4 is 0 Å². The smallest absolute Gasteiger partial charge is 0.282 e. The van der Waals surface area contributed by atoms with Gasteiger partial charge in [-0.1, -0.05) is 19.1 Å². The lowest BCUT2D eigenvalue weighted by molar-refractivity contribution is -0.385. The number of halogens is 1. The third-order valence-electron chi connectivity index (χ3n) is 3.96. The van der Waals surface area contributed by atoms with Crippen LogP contribution in [0, 0.1) is 23.0 Å². The maximum Gasteiger partial charge on any atom is 0.282 e. The van der Waals surface area contributed by atoms with Gasteiger partial charge in [0, 0.05) is 24.5 Å². The predicted molar refractivity (Wildman–Crippen MR) is 77.2 cm³/mol. The van der Waals surface area contributed by atoms with E-state index in [4.69, 9.17) is 11.6 Å². The van der Waals surface area contributed by atoms with E-state index in [2.05, 4.69) is 0 Å². The fourth-order valence-electron chi connectivity index (χ4n) is 2.72. The van der Waals surface area contributed by atoms with E-state index in [0.29, 0.717) is 23.9 Å². The molecule has 5 nitrogen and oxygen atoms in total. The number of rotatable bonds is 3. The van der Waals surface area contributed by atoms with E-state index < -0.39 is 4.92 Å². The summed E-state index contributed by atoms with van der Waals surface area (Å²) >= 11 is 5.94. The fraction of sp³-hybridized carbons (Fsp3) is 0.500. The molecular weight excluding hydrogens is 280 g/mol. The number of nitro groups is 1. The van der Waals surface area contributed by atoms with Gasteiger partial charge in [-0.15, -0.1) is 11.6 Å². The SMILES string of the molecule is Cc1cccc([N+](=O)[O-])c1C(=O)N1CCC(C)C1CCl. The summed E-state index contributed by atoms with van der Waals surface area (Å²) in [7, 11) is 0. The molecular formula is C14H17ClN2O3. The zero-order valence-electron chi connectivity index (χ0n) is 11.5. The Bertz CT molecular complexity index is 547. The summed E-state index contributed by atoms with van der Waals surface area (Å²) in [5, 5.41) is 11.1. The number of amides is 1. The van der Waals surface area contributed by atoms with Crippen molar-refractivity contribution < 1.29 is 9.72 Å². The predicted octanol–water partition coefficient (Wildman–Crippen LogP) is 2.99. The van der Waals surface area contributed by atoms with Gasteiger partial charge in [0.25, 0.3) is 11.6 Å². The number of carbonyl (C=O) groups is 1. The van der Waals surface area contributed by atoms with Gasteiger partial charge in [-0.3, -0.25) is 14.9 Å². The Balaban J connectivity index is 2.41. The van der Waals surface area contributed by atoms with Crippen molar-refractivity contribution in [3.8, 4) is 0 Å². The second-order valence-electron chi connectivity index (χ2n) is 5.21. The van der Waals surface area contributed by atoms with Gasteiger partial charge in [-0.2, -0.15) is 0 Å². The average molecular weight is 297 g/mol. The molecule has 2 unspecified atom stereocenters. The molecule has 1 fully saturated rings. The number of likely N-dealkylation sites (tertiary alicyclic amines) is 1. The molecule has 0 bridgehead atoms. The molecule has 0 aliphatic carbocycles. The van der Waals surface area contributed by atoms with Crippen molar-refractivity contribution >= 4 is 23.2 Å². The molecule has 1 heterocycles. The molecule has 1 aliphatic heterocycles. The standard InChI is InChI=1S/C14H17ClN2O3/c1-9-6-7-16(12(9)8-15)14(18)13-10(2)4-3-5-11(13)17(19)20/h3-5,9,12H,6-8H2,1-2H3. The zero-order valence-corrected chi connectivity index (χ0v) is 12.3. The van der Waals surface area contributed by atoms with E-state index in [0.717, 1.165) is 6.42 Å². The Kier molecular flexibility index (Phi) is 4.28. The van der Waals surface area contributed by atoms with E-state index in [1.54, 1.807) is 24.0 Å². The van der Waals surface area contributed by atoms with Gasteiger partial charge < -0.3 is 4.90 Å². The highest BCUT2D eigenvalue weighted by atomic mass is 35.5. The number of nitrogens with zero attached hydrogens (tertiary/aromatic N) is 2. The molecule has 0 saturated carbocycles. The first kappa shape index (κ1) is 14.8. The van der Waals surface area contributed by atoms with E-state index in [1.807, 2.05) is 6.92 Å². The van der Waals surface area contributed by atoms with Crippen molar-refractivity contribution in [2.24, 2.45) is 5.92 Å². The van der Waals surface area contributed by atoms with E-state index in [9.17, 15) is 14.9 Å². The van der Waals surface area contributed by atoms with E-state index in [-0.39, 0.29) is 23.2 Å². The van der Waals surface area contributed by atoms with Gasteiger partial charge in [0.1, 0.15) is 5.56 Å².